The van der Waals surface area contributed by atoms with E-state index in [-0.39, 0.29) is 0 Å². The molecule has 0 amide bonds. The van der Waals surface area contributed by atoms with E-state index in [2.05, 4.69) is 84.5 Å². The van der Waals surface area contributed by atoms with Crippen molar-refractivity contribution in [1.29, 1.82) is 0 Å². The lowest BCUT2D eigenvalue weighted by Gasteiger charge is -2.34. The van der Waals surface area contributed by atoms with Gasteiger partial charge >= 0.3 is 0 Å². The third kappa shape index (κ3) is 2.65. The number of nitrogens with zero attached hydrogens (tertiary/aromatic N) is 1. The highest BCUT2D eigenvalue weighted by Crippen LogP contribution is 2.46. The van der Waals surface area contributed by atoms with Gasteiger partial charge in [0.1, 0.15) is 5.60 Å². The quantitative estimate of drug-likeness (QED) is 0.498. The maximum absolute atomic E-state index is 6.35. The molecule has 1 atom stereocenters. The van der Waals surface area contributed by atoms with Crippen LogP contribution in [0.1, 0.15) is 57.0 Å². The van der Waals surface area contributed by atoms with E-state index < -0.39 is 5.60 Å². The van der Waals surface area contributed by atoms with Gasteiger partial charge in [0.25, 0.3) is 0 Å². The summed E-state index contributed by atoms with van der Waals surface area (Å²) < 4.78 is 8.60. The van der Waals surface area contributed by atoms with Crippen LogP contribution in [0.15, 0.2) is 23.9 Å². The highest BCUT2D eigenvalue weighted by atomic mass is 16.5. The van der Waals surface area contributed by atoms with E-state index in [0.29, 0.717) is 0 Å². The van der Waals surface area contributed by atoms with E-state index in [1.165, 1.54) is 66.5 Å². The van der Waals surface area contributed by atoms with Crippen LogP contribution in [-0.2, 0) is 23.8 Å². The monoisotopic (exact) mass is 387 g/mol. The van der Waals surface area contributed by atoms with Crippen molar-refractivity contribution in [3.63, 3.8) is 0 Å². The highest BCUT2D eigenvalue weighted by molar-refractivity contribution is 5.91. The van der Waals surface area contributed by atoms with Gasteiger partial charge in [0.2, 0.25) is 0 Å². The Bertz CT molecular complexity index is 1190. The second-order valence-electron chi connectivity index (χ2n) is 9.04. The van der Waals surface area contributed by atoms with Crippen LogP contribution in [0.2, 0.25) is 0 Å². The molecule has 1 unspecified atom stereocenters. The zero-order valence-corrected chi connectivity index (χ0v) is 19.4. The Morgan fingerprint density at radius 1 is 0.931 bits per heavy atom. The predicted octanol–water partition coefficient (Wildman–Crippen LogP) is 6.53. The number of ether oxygens (including phenoxy) is 1. The Morgan fingerprint density at radius 2 is 1.62 bits per heavy atom. The summed E-state index contributed by atoms with van der Waals surface area (Å²) in [6.45, 7) is 15.7. The molecule has 0 spiro atoms. The fourth-order valence-corrected chi connectivity index (χ4v) is 5.32. The SMILES string of the molecule is COC(C)(C1=Cc2c(cc(C)c(C)c2C)C1)c1c(C)c(C)c(C)c2c1ccn2C. The number of methoxy groups -OCH3 is 1. The second-order valence-corrected chi connectivity index (χ2v) is 9.04. The van der Waals surface area contributed by atoms with Crippen molar-refractivity contribution in [2.24, 2.45) is 7.05 Å². The van der Waals surface area contributed by atoms with Crippen LogP contribution in [0.5, 0.6) is 0 Å². The van der Waals surface area contributed by atoms with Crippen molar-refractivity contribution >= 4 is 17.0 Å². The van der Waals surface area contributed by atoms with E-state index in [1.807, 2.05) is 7.11 Å². The molecule has 0 aliphatic heterocycles. The summed E-state index contributed by atoms with van der Waals surface area (Å²) in [5.41, 5.74) is 14.5. The lowest BCUT2D eigenvalue weighted by Crippen LogP contribution is -2.29. The van der Waals surface area contributed by atoms with Crippen LogP contribution < -0.4 is 0 Å². The molecule has 0 fully saturated rings. The first-order valence-electron chi connectivity index (χ1n) is 10.5. The van der Waals surface area contributed by atoms with Crippen LogP contribution in [-0.4, -0.2) is 11.7 Å². The largest absolute Gasteiger partial charge is 0.369 e. The third-order valence-corrected chi connectivity index (χ3v) is 7.69. The fourth-order valence-electron chi connectivity index (χ4n) is 5.32. The van der Waals surface area contributed by atoms with Gasteiger partial charge in [-0.2, -0.15) is 0 Å². The van der Waals surface area contributed by atoms with Crippen molar-refractivity contribution in [2.45, 2.75) is 60.5 Å². The number of aryl methyl sites for hydroxylation is 3. The molecule has 2 nitrogen and oxygen atoms in total. The van der Waals surface area contributed by atoms with Crippen molar-refractivity contribution < 1.29 is 4.74 Å². The Hall–Kier alpha value is -2.32. The molecule has 0 bridgehead atoms. The minimum atomic E-state index is -0.463. The molecule has 1 heterocycles. The molecule has 3 aromatic rings. The number of fused-ring (bicyclic) bond motifs is 2. The molecular formula is C27H33NO. The average molecular weight is 388 g/mol. The molecule has 0 saturated heterocycles. The standard InChI is InChI=1S/C27H33NO/c1-15-12-21-13-22(14-24(21)18(4)16(15)2)27(7,29-9)25-19(5)17(3)20(6)26-23(25)10-11-28(26)8/h10-12,14H,13H2,1-9H3. The minimum Gasteiger partial charge on any atom is -0.369 e. The Morgan fingerprint density at radius 3 is 2.28 bits per heavy atom. The topological polar surface area (TPSA) is 14.2 Å². The summed E-state index contributed by atoms with van der Waals surface area (Å²) in [6.07, 6.45) is 5.51. The number of rotatable bonds is 3. The summed E-state index contributed by atoms with van der Waals surface area (Å²) in [4.78, 5) is 0. The lowest BCUT2D eigenvalue weighted by molar-refractivity contribution is 0.0354. The lowest BCUT2D eigenvalue weighted by atomic mass is 9.79. The van der Waals surface area contributed by atoms with Gasteiger partial charge < -0.3 is 9.30 Å². The summed E-state index contributed by atoms with van der Waals surface area (Å²) in [6, 6.07) is 4.62. The first kappa shape index (κ1) is 20.0. The summed E-state index contributed by atoms with van der Waals surface area (Å²) in [5, 5.41) is 1.30. The smallest absolute Gasteiger partial charge is 0.112 e. The van der Waals surface area contributed by atoms with Crippen LogP contribution in [0.25, 0.3) is 17.0 Å². The summed E-state index contributed by atoms with van der Waals surface area (Å²) in [7, 11) is 3.99. The zero-order valence-electron chi connectivity index (χ0n) is 19.4. The first-order chi connectivity index (χ1) is 13.6. The fraction of sp³-hybridized carbons (Fsp3) is 0.407. The number of aromatic nitrogens is 1. The van der Waals surface area contributed by atoms with Crippen molar-refractivity contribution in [3.05, 3.63) is 74.0 Å². The number of hydrogen-bond acceptors (Lipinski definition) is 1. The molecule has 1 aromatic heterocycles. The third-order valence-electron chi connectivity index (χ3n) is 7.69. The van der Waals surface area contributed by atoms with Crippen molar-refractivity contribution in [2.75, 3.05) is 7.11 Å². The molecule has 2 heteroatoms. The molecule has 2 aromatic carbocycles. The molecule has 152 valence electrons. The van der Waals surface area contributed by atoms with Crippen LogP contribution in [0.4, 0.5) is 0 Å². The van der Waals surface area contributed by atoms with Gasteiger partial charge in [0, 0.05) is 31.3 Å². The second kappa shape index (κ2) is 6.60. The Labute approximate surface area is 175 Å². The van der Waals surface area contributed by atoms with Crippen LogP contribution in [0.3, 0.4) is 0 Å². The van der Waals surface area contributed by atoms with Gasteiger partial charge in [0.05, 0.1) is 5.52 Å². The molecule has 0 N–H and O–H groups in total. The molecule has 0 radical (unpaired) electrons. The van der Waals surface area contributed by atoms with Crippen molar-refractivity contribution in [1.82, 2.24) is 4.57 Å². The van der Waals surface area contributed by atoms with Gasteiger partial charge in [-0.05, 0) is 111 Å². The van der Waals surface area contributed by atoms with Gasteiger partial charge in [-0.25, -0.2) is 0 Å². The summed E-state index contributed by atoms with van der Waals surface area (Å²) >= 11 is 0. The number of hydrogen-bond donors (Lipinski definition) is 0. The van der Waals surface area contributed by atoms with Crippen LogP contribution >= 0.6 is 0 Å². The van der Waals surface area contributed by atoms with E-state index in [1.54, 1.807) is 0 Å². The zero-order chi connectivity index (χ0) is 21.2. The van der Waals surface area contributed by atoms with Gasteiger partial charge in [-0.15, -0.1) is 0 Å². The molecular weight excluding hydrogens is 354 g/mol. The maximum Gasteiger partial charge on any atom is 0.112 e. The molecule has 0 saturated carbocycles. The van der Waals surface area contributed by atoms with E-state index in [4.69, 9.17) is 4.74 Å². The van der Waals surface area contributed by atoms with Gasteiger partial charge in [0.15, 0.2) is 0 Å². The van der Waals surface area contributed by atoms with Gasteiger partial charge in [-0.1, -0.05) is 12.1 Å². The normalized spacial score (nSPS) is 15.6. The van der Waals surface area contributed by atoms with E-state index in [0.717, 1.165) is 6.42 Å². The molecule has 1 aliphatic carbocycles. The number of benzene rings is 2. The first-order valence-corrected chi connectivity index (χ1v) is 10.5. The van der Waals surface area contributed by atoms with Gasteiger partial charge in [-0.3, -0.25) is 0 Å². The van der Waals surface area contributed by atoms with E-state index in [9.17, 15) is 0 Å². The van der Waals surface area contributed by atoms with Crippen molar-refractivity contribution in [3.8, 4) is 0 Å². The van der Waals surface area contributed by atoms with E-state index >= 15 is 0 Å². The molecule has 4 rings (SSSR count). The Kier molecular flexibility index (Phi) is 4.55. The highest BCUT2D eigenvalue weighted by Gasteiger charge is 2.38. The minimum absolute atomic E-state index is 0.463. The molecule has 1 aliphatic rings. The summed E-state index contributed by atoms with van der Waals surface area (Å²) in [5.74, 6) is 0. The molecule has 29 heavy (non-hydrogen) atoms. The average Bonchev–Trinajstić information content (AvgIpc) is 3.28. The van der Waals surface area contributed by atoms with Crippen LogP contribution in [0, 0.1) is 41.5 Å². The Balaban J connectivity index is 1.98. The predicted molar refractivity (Wildman–Crippen MR) is 124 cm³/mol. The maximum atomic E-state index is 6.35.